The summed E-state index contributed by atoms with van der Waals surface area (Å²) in [4.78, 5) is 15.6. The number of nitrogens with two attached hydrogens (primary N) is 1. The molecule has 1 aromatic heterocycles. The number of rotatable bonds is 6. The first-order valence-electron chi connectivity index (χ1n) is 5.49. The molecule has 1 rings (SSSR count). The molecule has 0 aliphatic heterocycles. The summed E-state index contributed by atoms with van der Waals surface area (Å²) in [5.41, 5.74) is 6.00. The number of nitrogen functional groups attached to an aromatic ring is 1. The Bertz CT molecular complexity index is 323. The van der Waals surface area contributed by atoms with Crippen molar-refractivity contribution < 1.29 is 4.79 Å². The molecule has 0 saturated carbocycles. The summed E-state index contributed by atoms with van der Waals surface area (Å²) in [6, 6.07) is 5.17. The number of pyridine rings is 1. The van der Waals surface area contributed by atoms with Gasteiger partial charge in [-0.05, 0) is 18.6 Å². The van der Waals surface area contributed by atoms with Crippen molar-refractivity contribution in [2.75, 3.05) is 5.73 Å². The lowest BCUT2D eigenvalue weighted by molar-refractivity contribution is 0.0974. The molecule has 0 aromatic carbocycles. The Balaban J connectivity index is 2.40. The molecule has 3 nitrogen and oxygen atoms in total. The van der Waals surface area contributed by atoms with Crippen molar-refractivity contribution in [3.8, 4) is 0 Å². The minimum absolute atomic E-state index is 0.0957. The molecule has 0 spiro atoms. The maximum atomic E-state index is 11.6. The van der Waals surface area contributed by atoms with Gasteiger partial charge in [-0.1, -0.05) is 32.3 Å². The molecule has 0 bridgehead atoms. The van der Waals surface area contributed by atoms with Crippen LogP contribution in [0.15, 0.2) is 18.2 Å². The van der Waals surface area contributed by atoms with Gasteiger partial charge in [0.2, 0.25) is 0 Å². The molecule has 0 amide bonds. The van der Waals surface area contributed by atoms with Gasteiger partial charge in [-0.15, -0.1) is 0 Å². The van der Waals surface area contributed by atoms with Gasteiger partial charge in [-0.2, -0.15) is 0 Å². The molecule has 1 heterocycles. The fraction of sp³-hybridized carbons (Fsp3) is 0.500. The Morgan fingerprint density at radius 1 is 1.33 bits per heavy atom. The monoisotopic (exact) mass is 206 g/mol. The van der Waals surface area contributed by atoms with Gasteiger partial charge in [0.05, 0.1) is 0 Å². The van der Waals surface area contributed by atoms with E-state index in [1.165, 1.54) is 12.8 Å². The lowest BCUT2D eigenvalue weighted by Crippen LogP contribution is -2.03. The summed E-state index contributed by atoms with van der Waals surface area (Å²) in [7, 11) is 0. The zero-order chi connectivity index (χ0) is 11.1. The molecule has 0 fully saturated rings. The van der Waals surface area contributed by atoms with E-state index in [-0.39, 0.29) is 5.78 Å². The van der Waals surface area contributed by atoms with Crippen molar-refractivity contribution in [2.24, 2.45) is 0 Å². The molecule has 0 aliphatic carbocycles. The first-order chi connectivity index (χ1) is 7.24. The summed E-state index contributed by atoms with van der Waals surface area (Å²) in [6.07, 6.45) is 5.02. The fourth-order valence-electron chi connectivity index (χ4n) is 1.45. The first-order valence-corrected chi connectivity index (χ1v) is 5.49. The van der Waals surface area contributed by atoms with Crippen LogP contribution < -0.4 is 5.73 Å². The minimum Gasteiger partial charge on any atom is -0.384 e. The number of aromatic nitrogens is 1. The molecule has 82 valence electrons. The van der Waals surface area contributed by atoms with Gasteiger partial charge in [0.1, 0.15) is 11.5 Å². The molecule has 3 heteroatoms. The van der Waals surface area contributed by atoms with Crippen molar-refractivity contribution in [3.05, 3.63) is 23.9 Å². The van der Waals surface area contributed by atoms with E-state index >= 15 is 0 Å². The van der Waals surface area contributed by atoms with E-state index in [0.717, 1.165) is 12.8 Å². The zero-order valence-electron chi connectivity index (χ0n) is 9.20. The Morgan fingerprint density at radius 2 is 2.13 bits per heavy atom. The number of nitrogens with zero attached hydrogens (tertiary/aromatic N) is 1. The first kappa shape index (κ1) is 11.7. The summed E-state index contributed by atoms with van der Waals surface area (Å²) >= 11 is 0. The molecule has 0 atom stereocenters. The SMILES string of the molecule is CCCCCCC(=O)c1cccc(N)n1. The van der Waals surface area contributed by atoms with Gasteiger partial charge in [0.15, 0.2) is 5.78 Å². The third kappa shape index (κ3) is 4.11. The Kier molecular flexibility index (Phi) is 4.81. The number of hydrogen-bond acceptors (Lipinski definition) is 3. The normalized spacial score (nSPS) is 10.2. The van der Waals surface area contributed by atoms with Gasteiger partial charge in [0.25, 0.3) is 0 Å². The van der Waals surface area contributed by atoms with Crippen molar-refractivity contribution in [2.45, 2.75) is 39.0 Å². The lowest BCUT2D eigenvalue weighted by atomic mass is 10.1. The average molecular weight is 206 g/mol. The third-order valence-corrected chi connectivity index (χ3v) is 2.31. The number of hydrogen-bond donors (Lipinski definition) is 1. The molecule has 15 heavy (non-hydrogen) atoms. The average Bonchev–Trinajstić information content (AvgIpc) is 2.24. The second-order valence-electron chi connectivity index (χ2n) is 3.68. The van der Waals surface area contributed by atoms with Crippen LogP contribution in [0.25, 0.3) is 0 Å². The highest BCUT2D eigenvalue weighted by atomic mass is 16.1. The Morgan fingerprint density at radius 3 is 2.80 bits per heavy atom. The maximum Gasteiger partial charge on any atom is 0.181 e. The second kappa shape index (κ2) is 6.17. The van der Waals surface area contributed by atoms with Crippen molar-refractivity contribution in [1.29, 1.82) is 0 Å². The van der Waals surface area contributed by atoms with Crippen LogP contribution in [0.5, 0.6) is 0 Å². The van der Waals surface area contributed by atoms with E-state index in [2.05, 4.69) is 11.9 Å². The lowest BCUT2D eigenvalue weighted by Gasteiger charge is -2.00. The van der Waals surface area contributed by atoms with Crippen LogP contribution in [-0.4, -0.2) is 10.8 Å². The predicted octanol–water partition coefficient (Wildman–Crippen LogP) is 2.82. The molecular weight excluding hydrogens is 188 g/mol. The third-order valence-electron chi connectivity index (χ3n) is 2.31. The van der Waals surface area contributed by atoms with Crippen LogP contribution in [0.3, 0.4) is 0 Å². The van der Waals surface area contributed by atoms with Crippen LogP contribution in [0, 0.1) is 0 Å². The minimum atomic E-state index is 0.0957. The number of carbonyl (C=O) groups is 1. The van der Waals surface area contributed by atoms with E-state index in [1.54, 1.807) is 18.2 Å². The number of Topliss-reactive ketones (excluding diaryl/α,β-unsaturated/α-hetero) is 1. The highest BCUT2D eigenvalue weighted by Crippen LogP contribution is 2.08. The molecular formula is C12H18N2O. The highest BCUT2D eigenvalue weighted by Gasteiger charge is 2.06. The van der Waals surface area contributed by atoms with Crippen LogP contribution in [0.4, 0.5) is 5.82 Å². The van der Waals surface area contributed by atoms with Crippen LogP contribution in [-0.2, 0) is 0 Å². The molecule has 0 aliphatic rings. The van der Waals surface area contributed by atoms with Gasteiger partial charge >= 0.3 is 0 Å². The van der Waals surface area contributed by atoms with Gasteiger partial charge in [-0.25, -0.2) is 4.98 Å². The molecule has 0 unspecified atom stereocenters. The second-order valence-corrected chi connectivity index (χ2v) is 3.68. The van der Waals surface area contributed by atoms with Crippen molar-refractivity contribution >= 4 is 11.6 Å². The van der Waals surface area contributed by atoms with Crippen molar-refractivity contribution in [1.82, 2.24) is 4.98 Å². The van der Waals surface area contributed by atoms with E-state index in [9.17, 15) is 4.79 Å². The summed E-state index contributed by atoms with van der Waals surface area (Å²) in [6.45, 7) is 2.15. The Labute approximate surface area is 90.7 Å². The molecule has 0 saturated heterocycles. The van der Waals surface area contributed by atoms with Gasteiger partial charge < -0.3 is 5.73 Å². The standard InChI is InChI=1S/C12H18N2O/c1-2-3-4-5-8-11(15)10-7-6-9-12(13)14-10/h6-7,9H,2-5,8H2,1H3,(H2,13,14). The fourth-order valence-corrected chi connectivity index (χ4v) is 1.45. The number of ketones is 1. The highest BCUT2D eigenvalue weighted by molar-refractivity contribution is 5.94. The predicted molar refractivity (Wildman–Crippen MR) is 61.7 cm³/mol. The number of unbranched alkanes of at least 4 members (excludes halogenated alkanes) is 3. The summed E-state index contributed by atoms with van der Waals surface area (Å²) in [5, 5.41) is 0. The maximum absolute atomic E-state index is 11.6. The van der Waals surface area contributed by atoms with E-state index in [0.29, 0.717) is 17.9 Å². The quantitative estimate of drug-likeness (QED) is 0.575. The van der Waals surface area contributed by atoms with Crippen LogP contribution in [0.1, 0.15) is 49.5 Å². The number of anilines is 1. The van der Waals surface area contributed by atoms with E-state index < -0.39 is 0 Å². The van der Waals surface area contributed by atoms with E-state index in [1.807, 2.05) is 0 Å². The smallest absolute Gasteiger partial charge is 0.181 e. The molecule has 1 aromatic rings. The van der Waals surface area contributed by atoms with Crippen LogP contribution in [0.2, 0.25) is 0 Å². The van der Waals surface area contributed by atoms with Crippen molar-refractivity contribution in [3.63, 3.8) is 0 Å². The van der Waals surface area contributed by atoms with Gasteiger partial charge in [0, 0.05) is 6.42 Å². The molecule has 0 radical (unpaired) electrons. The van der Waals surface area contributed by atoms with Gasteiger partial charge in [-0.3, -0.25) is 4.79 Å². The summed E-state index contributed by atoms with van der Waals surface area (Å²) < 4.78 is 0. The van der Waals surface area contributed by atoms with Crippen LogP contribution >= 0.6 is 0 Å². The topological polar surface area (TPSA) is 56.0 Å². The number of carbonyl (C=O) groups excluding carboxylic acids is 1. The molecule has 2 N–H and O–H groups in total. The van der Waals surface area contributed by atoms with E-state index in [4.69, 9.17) is 5.73 Å². The Hall–Kier alpha value is -1.38. The zero-order valence-corrected chi connectivity index (χ0v) is 9.20. The summed E-state index contributed by atoms with van der Waals surface area (Å²) in [5.74, 6) is 0.507. The largest absolute Gasteiger partial charge is 0.384 e.